The molecule has 5 heteroatoms. The minimum Gasteiger partial charge on any atom is -0.495 e. The Kier molecular flexibility index (Phi) is 3.63. The number of ether oxygens (including phenoxy) is 1. The monoisotopic (exact) mass is 215 g/mol. The molecule has 14 heavy (non-hydrogen) atoms. The molecule has 0 aliphatic carbocycles. The van der Waals surface area contributed by atoms with Crippen molar-refractivity contribution >= 4 is 17.7 Å². The van der Waals surface area contributed by atoms with Gasteiger partial charge in [-0.3, -0.25) is 0 Å². The van der Waals surface area contributed by atoms with Crippen LogP contribution in [-0.2, 0) is 11.3 Å². The van der Waals surface area contributed by atoms with Gasteiger partial charge in [0.1, 0.15) is 11.6 Å². The van der Waals surface area contributed by atoms with E-state index in [-0.39, 0.29) is 17.3 Å². The molecule has 1 aromatic carbocycles. The predicted octanol–water partition coefficient (Wildman–Crippen LogP) is 2.32. The maximum Gasteiger partial charge on any atom is 0.235 e. The van der Waals surface area contributed by atoms with Crippen molar-refractivity contribution in [3.8, 4) is 5.75 Å². The molecule has 3 nitrogen and oxygen atoms in total. The van der Waals surface area contributed by atoms with Gasteiger partial charge in [-0.2, -0.15) is 0 Å². The molecule has 0 N–H and O–H groups in total. The number of aliphatic imine (C=N–C) groups is 1. The molecule has 74 valence electrons. The lowest BCUT2D eigenvalue weighted by Gasteiger charge is -2.06. The van der Waals surface area contributed by atoms with Crippen LogP contribution in [0.25, 0.3) is 0 Å². The summed E-state index contributed by atoms with van der Waals surface area (Å²) in [6, 6.07) is 2.36. The zero-order valence-corrected chi connectivity index (χ0v) is 8.14. The second-order valence-electron chi connectivity index (χ2n) is 2.49. The maximum atomic E-state index is 12.9. The van der Waals surface area contributed by atoms with Gasteiger partial charge in [0.25, 0.3) is 0 Å². The molecule has 0 aliphatic rings. The number of hydrogen-bond acceptors (Lipinski definition) is 3. The van der Waals surface area contributed by atoms with E-state index in [4.69, 9.17) is 16.3 Å². The summed E-state index contributed by atoms with van der Waals surface area (Å²) < 4.78 is 17.8. The summed E-state index contributed by atoms with van der Waals surface area (Å²) in [6.07, 6.45) is 1.35. The lowest BCUT2D eigenvalue weighted by Crippen LogP contribution is -1.91. The summed E-state index contributed by atoms with van der Waals surface area (Å²) in [7, 11) is 1.38. The van der Waals surface area contributed by atoms with E-state index in [0.717, 1.165) is 6.07 Å². The summed E-state index contributed by atoms with van der Waals surface area (Å²) in [6.45, 7) is -0.00352. The van der Waals surface area contributed by atoms with Gasteiger partial charge >= 0.3 is 0 Å². The third-order valence-electron chi connectivity index (χ3n) is 1.61. The van der Waals surface area contributed by atoms with E-state index >= 15 is 0 Å². The second kappa shape index (κ2) is 4.74. The highest BCUT2D eigenvalue weighted by atomic mass is 35.5. The highest BCUT2D eigenvalue weighted by Gasteiger charge is 2.08. The van der Waals surface area contributed by atoms with Crippen LogP contribution in [0.1, 0.15) is 5.56 Å². The molecule has 0 spiro atoms. The fourth-order valence-corrected chi connectivity index (χ4v) is 1.25. The summed E-state index contributed by atoms with van der Waals surface area (Å²) >= 11 is 5.84. The molecule has 0 unspecified atom stereocenters. The number of hydrogen-bond donors (Lipinski definition) is 0. The van der Waals surface area contributed by atoms with Crippen molar-refractivity contribution < 1.29 is 13.9 Å². The van der Waals surface area contributed by atoms with Crippen molar-refractivity contribution in [3.63, 3.8) is 0 Å². The van der Waals surface area contributed by atoms with Gasteiger partial charge in [-0.05, 0) is 11.6 Å². The Morgan fingerprint density at radius 1 is 1.64 bits per heavy atom. The summed E-state index contributed by atoms with van der Waals surface area (Å²) in [5, 5.41) is 0.257. The molecule has 0 bridgehead atoms. The second-order valence-corrected chi connectivity index (χ2v) is 2.87. The Labute approximate surface area is 85.2 Å². The van der Waals surface area contributed by atoms with Crippen LogP contribution in [0, 0.1) is 5.82 Å². The number of methoxy groups -OCH3 is 1. The summed E-state index contributed by atoms with van der Waals surface area (Å²) in [4.78, 5) is 13.2. The van der Waals surface area contributed by atoms with Gasteiger partial charge in [-0.15, -0.1) is 0 Å². The van der Waals surface area contributed by atoms with Crippen molar-refractivity contribution in [2.24, 2.45) is 4.99 Å². The molecule has 0 aliphatic heterocycles. The third kappa shape index (κ3) is 2.31. The van der Waals surface area contributed by atoms with Crippen LogP contribution < -0.4 is 4.74 Å². The quantitative estimate of drug-likeness (QED) is 0.573. The van der Waals surface area contributed by atoms with Gasteiger partial charge in [0, 0.05) is 6.07 Å². The molecule has 1 aromatic rings. The van der Waals surface area contributed by atoms with Crippen LogP contribution in [0.4, 0.5) is 4.39 Å². The van der Waals surface area contributed by atoms with Crippen LogP contribution in [0.5, 0.6) is 5.75 Å². The van der Waals surface area contributed by atoms with Gasteiger partial charge in [0.2, 0.25) is 6.08 Å². The van der Waals surface area contributed by atoms with Crippen molar-refractivity contribution in [1.82, 2.24) is 0 Å². The van der Waals surface area contributed by atoms with Crippen molar-refractivity contribution in [1.29, 1.82) is 0 Å². The zero-order valence-electron chi connectivity index (χ0n) is 7.38. The molecule has 0 saturated carbocycles. The molecule has 0 amide bonds. The van der Waals surface area contributed by atoms with Gasteiger partial charge < -0.3 is 4.74 Å². The molecule has 0 atom stereocenters. The van der Waals surface area contributed by atoms with Crippen LogP contribution in [0.3, 0.4) is 0 Å². The molecular formula is C9H7ClFNO2. The number of rotatable bonds is 3. The van der Waals surface area contributed by atoms with E-state index in [1.165, 1.54) is 19.3 Å². The van der Waals surface area contributed by atoms with Crippen LogP contribution >= 0.6 is 11.6 Å². The molecule has 0 aromatic heterocycles. The summed E-state index contributed by atoms with van der Waals surface area (Å²) in [5.74, 6) is -0.259. The average Bonchev–Trinajstić information content (AvgIpc) is 2.18. The van der Waals surface area contributed by atoms with E-state index in [0.29, 0.717) is 5.56 Å². The largest absolute Gasteiger partial charge is 0.495 e. The van der Waals surface area contributed by atoms with E-state index in [1.807, 2.05) is 0 Å². The summed E-state index contributed by atoms with van der Waals surface area (Å²) in [5.41, 5.74) is 0.395. The van der Waals surface area contributed by atoms with Crippen LogP contribution in [0.2, 0.25) is 5.02 Å². The Hall–Kier alpha value is -1.38. The minimum absolute atomic E-state index is 0.00352. The van der Waals surface area contributed by atoms with E-state index in [1.54, 1.807) is 0 Å². The van der Waals surface area contributed by atoms with Crippen LogP contribution in [-0.4, -0.2) is 13.2 Å². The first-order valence-corrected chi connectivity index (χ1v) is 4.12. The Balaban J connectivity index is 3.14. The SMILES string of the molecule is COc1cc(F)cc(CN=C=O)c1Cl. The number of benzene rings is 1. The fourth-order valence-electron chi connectivity index (χ4n) is 0.999. The Morgan fingerprint density at radius 2 is 2.36 bits per heavy atom. The van der Waals surface area contributed by atoms with Gasteiger partial charge in [-0.25, -0.2) is 14.2 Å². The number of isocyanates is 1. The van der Waals surface area contributed by atoms with E-state index in [2.05, 4.69) is 4.99 Å². The molecule has 1 rings (SSSR count). The first kappa shape index (κ1) is 10.7. The van der Waals surface area contributed by atoms with Gasteiger partial charge in [0.15, 0.2) is 0 Å². The molecule has 0 saturated heterocycles. The average molecular weight is 216 g/mol. The Bertz CT molecular complexity index is 389. The molecule has 0 radical (unpaired) electrons. The fraction of sp³-hybridized carbons (Fsp3) is 0.222. The third-order valence-corrected chi connectivity index (χ3v) is 2.04. The van der Waals surface area contributed by atoms with Crippen LogP contribution in [0.15, 0.2) is 17.1 Å². The molecule has 0 fully saturated rings. The minimum atomic E-state index is -0.484. The van der Waals surface area contributed by atoms with Gasteiger partial charge in [-0.1, -0.05) is 11.6 Å². The first-order chi connectivity index (χ1) is 6.69. The number of carbonyl (C=O) groups excluding carboxylic acids is 1. The standard InChI is InChI=1S/C9H7ClFNO2/c1-14-8-3-7(11)2-6(9(8)10)4-12-5-13/h2-3H,4H2,1H3. The maximum absolute atomic E-state index is 12.9. The van der Waals surface area contributed by atoms with Crippen molar-refractivity contribution in [2.45, 2.75) is 6.54 Å². The normalized spacial score (nSPS) is 9.36. The highest BCUT2D eigenvalue weighted by Crippen LogP contribution is 2.29. The topological polar surface area (TPSA) is 38.7 Å². The van der Waals surface area contributed by atoms with E-state index < -0.39 is 5.82 Å². The van der Waals surface area contributed by atoms with Crippen molar-refractivity contribution in [3.05, 3.63) is 28.5 Å². The zero-order chi connectivity index (χ0) is 10.6. The first-order valence-electron chi connectivity index (χ1n) is 3.74. The molecular weight excluding hydrogens is 209 g/mol. The lowest BCUT2D eigenvalue weighted by molar-refractivity contribution is 0.411. The molecule has 0 heterocycles. The lowest BCUT2D eigenvalue weighted by atomic mass is 10.2. The van der Waals surface area contributed by atoms with E-state index in [9.17, 15) is 9.18 Å². The number of halogens is 2. The highest BCUT2D eigenvalue weighted by molar-refractivity contribution is 6.32. The number of nitrogens with zero attached hydrogens (tertiary/aromatic N) is 1. The van der Waals surface area contributed by atoms with Gasteiger partial charge in [0.05, 0.1) is 18.7 Å². The predicted molar refractivity (Wildman–Crippen MR) is 49.8 cm³/mol. The Morgan fingerprint density at radius 3 is 2.93 bits per heavy atom. The smallest absolute Gasteiger partial charge is 0.235 e. The van der Waals surface area contributed by atoms with Crippen molar-refractivity contribution in [2.75, 3.05) is 7.11 Å².